The maximum absolute atomic E-state index is 11.4. The number of rotatable bonds is 2. The molecule has 1 aromatic heterocycles. The van der Waals surface area contributed by atoms with Crippen LogP contribution in [0.25, 0.3) is 10.2 Å². The monoisotopic (exact) mass is 301 g/mol. The van der Waals surface area contributed by atoms with Crippen molar-refractivity contribution in [3.63, 3.8) is 0 Å². The lowest BCUT2D eigenvalue weighted by Crippen LogP contribution is -2.23. The Balaban J connectivity index is 2.43. The number of hydrogen-bond acceptors (Lipinski definition) is 5. The SMILES string of the molecule is CNC(=S)Nc1nc2ccc(S(C)(=O)=O)cc2s1. The summed E-state index contributed by atoms with van der Waals surface area (Å²) in [5, 5.41) is 6.81. The lowest BCUT2D eigenvalue weighted by Gasteiger charge is -2.00. The van der Waals surface area contributed by atoms with E-state index in [2.05, 4.69) is 15.6 Å². The third-order valence-corrected chi connectivity index (χ3v) is 4.59. The lowest BCUT2D eigenvalue weighted by molar-refractivity contribution is 0.602. The topological polar surface area (TPSA) is 71.1 Å². The predicted octanol–water partition coefficient (Wildman–Crippen LogP) is 1.62. The van der Waals surface area contributed by atoms with Crippen molar-refractivity contribution in [2.75, 3.05) is 18.6 Å². The molecule has 2 N–H and O–H groups in total. The van der Waals surface area contributed by atoms with Crippen molar-refractivity contribution in [1.82, 2.24) is 10.3 Å². The number of aromatic nitrogens is 1. The molecule has 0 aliphatic heterocycles. The fraction of sp³-hybridized carbons (Fsp3) is 0.200. The molecule has 0 atom stereocenters. The summed E-state index contributed by atoms with van der Waals surface area (Å²) in [6.07, 6.45) is 1.19. The van der Waals surface area contributed by atoms with Gasteiger partial charge in [-0.15, -0.1) is 0 Å². The molecule has 1 aromatic carbocycles. The molecule has 0 saturated heterocycles. The number of thiazole rings is 1. The van der Waals surface area contributed by atoms with Gasteiger partial charge in [-0.05, 0) is 30.4 Å². The van der Waals surface area contributed by atoms with E-state index in [4.69, 9.17) is 12.2 Å². The number of nitrogens with one attached hydrogen (secondary N) is 2. The van der Waals surface area contributed by atoms with Crippen molar-refractivity contribution in [1.29, 1.82) is 0 Å². The van der Waals surface area contributed by atoms with Crippen molar-refractivity contribution >= 4 is 53.9 Å². The van der Waals surface area contributed by atoms with E-state index in [0.29, 0.717) is 15.1 Å². The van der Waals surface area contributed by atoms with E-state index in [0.717, 1.165) is 10.2 Å². The first-order valence-electron chi connectivity index (χ1n) is 4.99. The molecule has 0 radical (unpaired) electrons. The molecule has 0 aliphatic rings. The summed E-state index contributed by atoms with van der Waals surface area (Å²) in [6.45, 7) is 0. The highest BCUT2D eigenvalue weighted by Crippen LogP contribution is 2.28. The summed E-state index contributed by atoms with van der Waals surface area (Å²) in [6, 6.07) is 4.86. The summed E-state index contributed by atoms with van der Waals surface area (Å²) >= 11 is 6.33. The summed E-state index contributed by atoms with van der Waals surface area (Å²) in [5.74, 6) is 0. The molecule has 8 heteroatoms. The molecule has 0 amide bonds. The molecule has 0 aliphatic carbocycles. The van der Waals surface area contributed by atoms with Gasteiger partial charge < -0.3 is 10.6 Å². The Kier molecular flexibility index (Phi) is 3.51. The van der Waals surface area contributed by atoms with Crippen LogP contribution >= 0.6 is 23.6 Å². The minimum absolute atomic E-state index is 0.293. The van der Waals surface area contributed by atoms with Crippen LogP contribution in [0.1, 0.15) is 0 Å². The van der Waals surface area contributed by atoms with Gasteiger partial charge in [-0.2, -0.15) is 0 Å². The first kappa shape index (κ1) is 13.2. The number of benzene rings is 1. The Morgan fingerprint density at radius 2 is 2.17 bits per heavy atom. The molecule has 5 nitrogen and oxygen atoms in total. The first-order valence-corrected chi connectivity index (χ1v) is 8.11. The van der Waals surface area contributed by atoms with Gasteiger partial charge in [-0.3, -0.25) is 0 Å². The zero-order chi connectivity index (χ0) is 13.3. The van der Waals surface area contributed by atoms with Crippen molar-refractivity contribution in [2.45, 2.75) is 4.90 Å². The average molecular weight is 301 g/mol. The second-order valence-electron chi connectivity index (χ2n) is 3.62. The van der Waals surface area contributed by atoms with Crippen LogP contribution in [0.4, 0.5) is 5.13 Å². The van der Waals surface area contributed by atoms with E-state index in [-0.39, 0.29) is 0 Å². The summed E-state index contributed by atoms with van der Waals surface area (Å²) in [4.78, 5) is 4.60. The van der Waals surface area contributed by atoms with Gasteiger partial charge >= 0.3 is 0 Å². The van der Waals surface area contributed by atoms with E-state index >= 15 is 0 Å². The molecule has 0 spiro atoms. The zero-order valence-electron chi connectivity index (χ0n) is 9.72. The van der Waals surface area contributed by atoms with Crippen LogP contribution < -0.4 is 10.6 Å². The largest absolute Gasteiger partial charge is 0.365 e. The van der Waals surface area contributed by atoms with E-state index in [9.17, 15) is 8.42 Å². The number of fused-ring (bicyclic) bond motifs is 1. The van der Waals surface area contributed by atoms with Crippen LogP contribution in [0.5, 0.6) is 0 Å². The van der Waals surface area contributed by atoms with Gasteiger partial charge in [0.1, 0.15) is 0 Å². The van der Waals surface area contributed by atoms with Crippen LogP contribution in [0, 0.1) is 0 Å². The quantitative estimate of drug-likeness (QED) is 0.821. The second-order valence-corrected chi connectivity index (χ2v) is 7.08. The fourth-order valence-electron chi connectivity index (χ4n) is 1.35. The number of hydrogen-bond donors (Lipinski definition) is 2. The lowest BCUT2D eigenvalue weighted by atomic mass is 10.3. The Hall–Kier alpha value is -1.25. The van der Waals surface area contributed by atoms with E-state index in [1.807, 2.05) is 0 Å². The van der Waals surface area contributed by atoms with Gasteiger partial charge in [-0.25, -0.2) is 13.4 Å². The molecular weight excluding hydrogens is 290 g/mol. The van der Waals surface area contributed by atoms with Crippen LogP contribution in [0.2, 0.25) is 0 Å². The molecule has 0 bridgehead atoms. The van der Waals surface area contributed by atoms with Gasteiger partial charge in [0.25, 0.3) is 0 Å². The molecule has 2 rings (SSSR count). The second kappa shape index (κ2) is 4.79. The molecule has 2 aromatic rings. The molecule has 18 heavy (non-hydrogen) atoms. The van der Waals surface area contributed by atoms with Crippen LogP contribution in [0.15, 0.2) is 23.1 Å². The van der Waals surface area contributed by atoms with Gasteiger partial charge in [0.15, 0.2) is 20.1 Å². The van der Waals surface area contributed by atoms with Crippen molar-refractivity contribution in [2.24, 2.45) is 0 Å². The van der Waals surface area contributed by atoms with Gasteiger partial charge in [0.2, 0.25) is 0 Å². The van der Waals surface area contributed by atoms with Crippen molar-refractivity contribution < 1.29 is 8.42 Å². The Labute approximate surface area is 114 Å². The fourth-order valence-corrected chi connectivity index (χ4v) is 3.14. The normalized spacial score (nSPS) is 11.4. The highest BCUT2D eigenvalue weighted by molar-refractivity contribution is 7.90. The first-order chi connectivity index (χ1) is 8.40. The number of sulfone groups is 1. The highest BCUT2D eigenvalue weighted by Gasteiger charge is 2.10. The standard InChI is InChI=1S/C10H11N3O2S3/c1-11-9(16)13-10-12-7-4-3-6(18(2,14)15)5-8(7)17-10/h3-5H,1-2H3,(H2,11,12,13,16). The predicted molar refractivity (Wildman–Crippen MR) is 78.0 cm³/mol. The number of thiocarbonyl (C=S) groups is 1. The van der Waals surface area contributed by atoms with Crippen molar-refractivity contribution in [3.05, 3.63) is 18.2 Å². The summed E-state index contributed by atoms with van der Waals surface area (Å²) in [5.41, 5.74) is 0.744. The third-order valence-electron chi connectivity index (χ3n) is 2.24. The maximum Gasteiger partial charge on any atom is 0.190 e. The van der Waals surface area contributed by atoms with Crippen LogP contribution in [-0.2, 0) is 9.84 Å². The third kappa shape index (κ3) is 2.77. The molecule has 0 unspecified atom stereocenters. The average Bonchev–Trinajstić information content (AvgIpc) is 2.68. The zero-order valence-corrected chi connectivity index (χ0v) is 12.2. The molecule has 0 saturated carbocycles. The Bertz CT molecular complexity index is 706. The van der Waals surface area contributed by atoms with E-state index in [1.54, 1.807) is 25.2 Å². The van der Waals surface area contributed by atoms with Crippen LogP contribution in [-0.4, -0.2) is 31.8 Å². The molecule has 96 valence electrons. The minimum atomic E-state index is -3.19. The Morgan fingerprint density at radius 1 is 1.44 bits per heavy atom. The van der Waals surface area contributed by atoms with Gasteiger partial charge in [0.05, 0.1) is 15.1 Å². The van der Waals surface area contributed by atoms with E-state index in [1.165, 1.54) is 17.6 Å². The van der Waals surface area contributed by atoms with Gasteiger partial charge in [0, 0.05) is 13.3 Å². The summed E-state index contributed by atoms with van der Waals surface area (Å²) in [7, 11) is -1.48. The number of nitrogens with zero attached hydrogens (tertiary/aromatic N) is 1. The minimum Gasteiger partial charge on any atom is -0.365 e. The highest BCUT2D eigenvalue weighted by atomic mass is 32.2. The molecular formula is C10H11N3O2S3. The van der Waals surface area contributed by atoms with Gasteiger partial charge in [-0.1, -0.05) is 11.3 Å². The van der Waals surface area contributed by atoms with E-state index < -0.39 is 9.84 Å². The van der Waals surface area contributed by atoms with Crippen LogP contribution in [0.3, 0.4) is 0 Å². The molecule has 0 fully saturated rings. The summed E-state index contributed by atoms with van der Waals surface area (Å²) < 4.78 is 23.7. The molecule has 1 heterocycles. The smallest absolute Gasteiger partial charge is 0.190 e. The van der Waals surface area contributed by atoms with Crippen molar-refractivity contribution in [3.8, 4) is 0 Å². The maximum atomic E-state index is 11.4. The number of anilines is 1. The Morgan fingerprint density at radius 3 is 2.78 bits per heavy atom.